The van der Waals surface area contributed by atoms with E-state index in [9.17, 15) is 4.79 Å². The van der Waals surface area contributed by atoms with E-state index in [1.807, 2.05) is 54.1 Å². The third-order valence-electron chi connectivity index (χ3n) is 7.18. The highest BCUT2D eigenvalue weighted by Crippen LogP contribution is 2.28. The molecule has 5 rings (SSSR count). The number of rotatable bonds is 8. The van der Waals surface area contributed by atoms with Crippen molar-refractivity contribution < 1.29 is 12.4 Å². The molecule has 0 aliphatic carbocycles. The van der Waals surface area contributed by atoms with Gasteiger partial charge in [-0.15, -0.1) is 0 Å². The molecule has 1 saturated heterocycles. The Morgan fingerprint density at radius 3 is 2.58 bits per heavy atom. The average molecular weight is 582 g/mol. The molecule has 3 heterocycles. The van der Waals surface area contributed by atoms with Crippen molar-refractivity contribution in [2.75, 3.05) is 18.4 Å². The second-order valence-corrected chi connectivity index (χ2v) is 10.8. The number of ether oxygens (including phenoxy) is 1. The van der Waals surface area contributed by atoms with E-state index in [0.717, 1.165) is 33.7 Å². The molecule has 2 atom stereocenters. The lowest BCUT2D eigenvalue weighted by molar-refractivity contribution is 0.0885. The lowest BCUT2D eigenvalue weighted by Crippen LogP contribution is -2.47. The summed E-state index contributed by atoms with van der Waals surface area (Å²) in [6.07, 6.45) is 5.30. The van der Waals surface area contributed by atoms with Gasteiger partial charge in [-0.05, 0) is 69.2 Å². The van der Waals surface area contributed by atoms with Crippen molar-refractivity contribution in [1.29, 1.82) is 0 Å². The van der Waals surface area contributed by atoms with Gasteiger partial charge in [-0.3, -0.25) is 14.7 Å². The maximum atomic E-state index is 12.8. The molecular weight excluding hydrogens is 544 g/mol. The molecule has 2 N–H and O–H groups in total. The number of piperidine rings is 1. The normalized spacial score (nSPS) is 17.9. The van der Waals surface area contributed by atoms with Gasteiger partial charge in [0.05, 0.1) is 11.0 Å². The number of halogens is 1. The van der Waals surface area contributed by atoms with Gasteiger partial charge in [0.25, 0.3) is 5.91 Å². The van der Waals surface area contributed by atoms with Crippen LogP contribution in [0.3, 0.4) is 0 Å². The topological polar surface area (TPSA) is 84.3 Å². The number of amides is 1. The van der Waals surface area contributed by atoms with Gasteiger partial charge in [-0.2, -0.15) is 0 Å². The van der Waals surface area contributed by atoms with Gasteiger partial charge >= 0.3 is 0 Å². The van der Waals surface area contributed by atoms with Crippen LogP contribution in [0.1, 0.15) is 46.5 Å². The van der Waals surface area contributed by atoms with Crippen molar-refractivity contribution in [3.8, 4) is 11.5 Å². The summed E-state index contributed by atoms with van der Waals surface area (Å²) in [5, 5.41) is 6.37. The first-order chi connectivity index (χ1) is 18.4. The highest BCUT2D eigenvalue weighted by atomic mass is 79.9. The Morgan fingerprint density at radius 2 is 1.82 bits per heavy atom. The van der Waals surface area contributed by atoms with Crippen LogP contribution in [0, 0.1) is 0 Å². The molecule has 2 unspecified atom stereocenters. The van der Waals surface area contributed by atoms with E-state index in [1.165, 1.54) is 19.3 Å². The zero-order valence-electron chi connectivity index (χ0n) is 21.9. The summed E-state index contributed by atoms with van der Waals surface area (Å²) in [4.78, 5) is 24.2. The van der Waals surface area contributed by atoms with Crippen molar-refractivity contribution in [2.45, 2.75) is 45.2 Å². The highest BCUT2D eigenvalue weighted by Gasteiger charge is 2.24. The summed E-state index contributed by atoms with van der Waals surface area (Å²) in [5.74, 6) is 1.72. The monoisotopic (exact) mass is 580 g/mol. The minimum absolute atomic E-state index is 0. The number of aryl methyl sites for hydroxylation is 1. The summed E-state index contributed by atoms with van der Waals surface area (Å²) in [6, 6.07) is 18.2. The summed E-state index contributed by atoms with van der Waals surface area (Å²) in [6.45, 7) is 5.96. The Bertz CT molecular complexity index is 1420. The number of aromatic nitrogens is 3. The van der Waals surface area contributed by atoms with Crippen molar-refractivity contribution in [2.24, 2.45) is 7.05 Å². The number of nitrogens with zero attached hydrogens (tertiary/aromatic N) is 4. The molecule has 202 valence electrons. The number of carbonyl (C=O) groups is 1. The number of fused-ring (bicyclic) bond motifs is 1. The standard InChI is InChI=1S/C29H33BrN6O2.2H2/c1-19-5-4-6-20(2)36(19)16-15-32-28(37)26-18-24(13-14-31-26)38-23-11-12-27-25(17-23)34-29(35(27)3)33-22-9-7-21(30)8-10-22;;/h7-14,17-20H,4-6,15-16H2,1-3H3,(H,32,37)(H,33,34);2*1H. The van der Waals surface area contributed by atoms with Crippen LogP contribution in [0.25, 0.3) is 11.0 Å². The van der Waals surface area contributed by atoms with Gasteiger partial charge in [-0.1, -0.05) is 22.4 Å². The number of nitrogens with one attached hydrogen (secondary N) is 2. The first kappa shape index (κ1) is 26.2. The summed E-state index contributed by atoms with van der Waals surface area (Å²) >= 11 is 3.46. The van der Waals surface area contributed by atoms with Crippen molar-refractivity contribution in [3.63, 3.8) is 0 Å². The molecule has 1 aliphatic rings. The van der Waals surface area contributed by atoms with Gasteiger partial charge in [0.1, 0.15) is 17.2 Å². The van der Waals surface area contributed by atoms with Gasteiger partial charge in [-0.25, -0.2) is 4.98 Å². The zero-order valence-corrected chi connectivity index (χ0v) is 23.5. The van der Waals surface area contributed by atoms with Crippen LogP contribution in [-0.4, -0.2) is 50.5 Å². The second-order valence-electron chi connectivity index (χ2n) is 9.88. The second kappa shape index (κ2) is 11.5. The minimum Gasteiger partial charge on any atom is -0.457 e. The molecule has 0 bridgehead atoms. The SMILES string of the molecule is CC1CCCC(C)N1CCNC(=O)c1cc(Oc2ccc3c(c2)nc(Nc2ccc(Br)cc2)n3C)ccn1.[HH].[HH]. The lowest BCUT2D eigenvalue weighted by Gasteiger charge is -2.39. The van der Waals surface area contributed by atoms with Crippen LogP contribution in [0.4, 0.5) is 11.6 Å². The average Bonchev–Trinajstić information content (AvgIpc) is 3.21. The van der Waals surface area contributed by atoms with Crippen LogP contribution in [-0.2, 0) is 7.05 Å². The predicted molar refractivity (Wildman–Crippen MR) is 158 cm³/mol. The first-order valence-electron chi connectivity index (χ1n) is 13.0. The number of hydrogen-bond donors (Lipinski definition) is 2. The maximum Gasteiger partial charge on any atom is 0.270 e. The molecule has 4 aromatic rings. The Hall–Kier alpha value is -3.43. The summed E-state index contributed by atoms with van der Waals surface area (Å²) in [5.41, 5.74) is 3.06. The van der Waals surface area contributed by atoms with Crippen LogP contribution in [0.5, 0.6) is 11.5 Å². The molecular formula is C29H37BrN6O2. The van der Waals surface area contributed by atoms with Crippen molar-refractivity contribution in [3.05, 3.63) is 71.0 Å². The number of likely N-dealkylation sites (tertiary alicyclic amines) is 1. The Labute approximate surface area is 234 Å². The van der Waals surface area contributed by atoms with E-state index in [0.29, 0.717) is 35.8 Å². The fraction of sp³-hybridized carbons (Fsp3) is 0.345. The molecule has 0 radical (unpaired) electrons. The molecule has 38 heavy (non-hydrogen) atoms. The van der Waals surface area contributed by atoms with E-state index >= 15 is 0 Å². The summed E-state index contributed by atoms with van der Waals surface area (Å²) < 4.78 is 9.11. The number of imidazole rings is 1. The number of benzene rings is 2. The first-order valence-corrected chi connectivity index (χ1v) is 13.8. The van der Waals surface area contributed by atoms with Crippen LogP contribution in [0.2, 0.25) is 0 Å². The molecule has 0 spiro atoms. The van der Waals surface area contributed by atoms with Crippen LogP contribution >= 0.6 is 15.9 Å². The number of carbonyl (C=O) groups excluding carboxylic acids is 1. The predicted octanol–water partition coefficient (Wildman–Crippen LogP) is 6.75. The molecule has 8 nitrogen and oxygen atoms in total. The molecule has 2 aromatic carbocycles. The minimum atomic E-state index is -0.198. The Morgan fingerprint density at radius 1 is 1.08 bits per heavy atom. The van der Waals surface area contributed by atoms with Crippen LogP contribution < -0.4 is 15.4 Å². The van der Waals surface area contributed by atoms with E-state index in [-0.39, 0.29) is 8.76 Å². The highest BCUT2D eigenvalue weighted by molar-refractivity contribution is 9.10. The quantitative estimate of drug-likeness (QED) is 0.240. The van der Waals surface area contributed by atoms with Gasteiger partial charge < -0.3 is 19.9 Å². The molecule has 1 fully saturated rings. The van der Waals surface area contributed by atoms with Crippen LogP contribution in [0.15, 0.2) is 65.3 Å². The third kappa shape index (κ3) is 6.00. The molecule has 0 saturated carbocycles. The summed E-state index contributed by atoms with van der Waals surface area (Å²) in [7, 11) is 1.97. The molecule has 2 aromatic heterocycles. The van der Waals surface area contributed by atoms with E-state index < -0.39 is 0 Å². The Kier molecular flexibility index (Phi) is 7.95. The van der Waals surface area contributed by atoms with E-state index in [4.69, 9.17) is 9.72 Å². The smallest absolute Gasteiger partial charge is 0.270 e. The largest absolute Gasteiger partial charge is 0.457 e. The van der Waals surface area contributed by atoms with Gasteiger partial charge in [0.15, 0.2) is 0 Å². The van der Waals surface area contributed by atoms with Crippen molar-refractivity contribution >= 4 is 44.5 Å². The number of pyridine rings is 1. The molecule has 1 aliphatic heterocycles. The fourth-order valence-electron chi connectivity index (χ4n) is 5.06. The number of anilines is 2. The van der Waals surface area contributed by atoms with E-state index in [2.05, 4.69) is 50.3 Å². The zero-order chi connectivity index (χ0) is 26.6. The molecule has 1 amide bonds. The van der Waals surface area contributed by atoms with Gasteiger partial charge in [0.2, 0.25) is 5.95 Å². The third-order valence-corrected chi connectivity index (χ3v) is 7.71. The Balaban J connectivity index is 0.00000220. The number of hydrogen-bond acceptors (Lipinski definition) is 6. The van der Waals surface area contributed by atoms with E-state index in [1.54, 1.807) is 18.3 Å². The van der Waals surface area contributed by atoms with Gasteiger partial charge in [0, 0.05) is 63.6 Å². The van der Waals surface area contributed by atoms with Crippen molar-refractivity contribution in [1.82, 2.24) is 24.8 Å². The molecule has 9 heteroatoms. The maximum absolute atomic E-state index is 12.8. The fourth-order valence-corrected chi connectivity index (χ4v) is 5.32. The lowest BCUT2D eigenvalue weighted by atomic mass is 9.98.